The van der Waals surface area contributed by atoms with Crippen molar-refractivity contribution in [3.05, 3.63) is 0 Å². The van der Waals surface area contributed by atoms with Crippen LogP contribution < -0.4 is 0 Å². The number of rotatable bonds is 3. The molecule has 90 valence electrons. The first-order valence-corrected chi connectivity index (χ1v) is 4.08. The Labute approximate surface area is 90.3 Å². The summed E-state index contributed by atoms with van der Waals surface area (Å²) in [6.45, 7) is 2.61. The van der Waals surface area contributed by atoms with E-state index >= 15 is 0 Å². The summed E-state index contributed by atoms with van der Waals surface area (Å²) in [5, 5.41) is 23.5. The van der Waals surface area contributed by atoms with E-state index in [9.17, 15) is 14.4 Å². The summed E-state index contributed by atoms with van der Waals surface area (Å²) >= 11 is 0. The molecule has 0 aromatic rings. The first-order valence-electron chi connectivity index (χ1n) is 4.08. The molecule has 0 atom stereocenters. The fourth-order valence-electron chi connectivity index (χ4n) is 0.832. The number of carbonyl (C=O) groups excluding carboxylic acids is 1. The van der Waals surface area contributed by atoms with Gasteiger partial charge in [-0.05, 0) is 13.8 Å². The summed E-state index contributed by atoms with van der Waals surface area (Å²) in [7, 11) is 0. The molecule has 0 amide bonds. The summed E-state index contributed by atoms with van der Waals surface area (Å²) in [6, 6.07) is 0. The highest BCUT2D eigenvalue weighted by molar-refractivity contribution is 5.91. The van der Waals surface area contributed by atoms with Gasteiger partial charge in [0.05, 0.1) is 5.41 Å². The van der Waals surface area contributed by atoms with Gasteiger partial charge in [-0.2, -0.15) is 0 Å². The second-order valence-electron chi connectivity index (χ2n) is 3.51. The van der Waals surface area contributed by atoms with Crippen molar-refractivity contribution in [1.29, 1.82) is 5.41 Å². The van der Waals surface area contributed by atoms with Crippen LogP contribution in [-0.2, 0) is 14.3 Å². The molecule has 16 heavy (non-hydrogen) atoms. The van der Waals surface area contributed by atoms with Crippen LogP contribution in [0.1, 0.15) is 20.3 Å². The Balaban J connectivity index is 4.44. The maximum absolute atomic E-state index is 11.2. The van der Waals surface area contributed by atoms with E-state index in [1.54, 1.807) is 0 Å². The van der Waals surface area contributed by atoms with Crippen LogP contribution in [0.15, 0.2) is 0 Å². The van der Waals surface area contributed by atoms with Crippen molar-refractivity contribution in [3.8, 4) is 0 Å². The lowest BCUT2D eigenvalue weighted by atomic mass is 9.89. The van der Waals surface area contributed by atoms with Gasteiger partial charge in [-0.25, -0.2) is 9.59 Å². The lowest BCUT2D eigenvalue weighted by Crippen LogP contribution is -2.31. The predicted octanol–water partition coefficient (Wildman–Crippen LogP) is 1.30. The van der Waals surface area contributed by atoms with E-state index in [0.29, 0.717) is 0 Å². The van der Waals surface area contributed by atoms with Gasteiger partial charge in [0.2, 0.25) is 0 Å². The van der Waals surface area contributed by atoms with Crippen molar-refractivity contribution in [2.24, 2.45) is 5.41 Å². The zero-order chi connectivity index (χ0) is 12.9. The van der Waals surface area contributed by atoms with Crippen molar-refractivity contribution in [3.63, 3.8) is 0 Å². The molecule has 0 aromatic heterocycles. The van der Waals surface area contributed by atoms with Crippen LogP contribution in [0, 0.1) is 10.8 Å². The van der Waals surface area contributed by atoms with Gasteiger partial charge in [0, 0.05) is 6.42 Å². The number of ether oxygens (including phenoxy) is 2. The smallest absolute Gasteiger partial charge is 0.449 e. The number of hydrogen-bond donors (Lipinski definition) is 3. The van der Waals surface area contributed by atoms with Crippen LogP contribution in [0.3, 0.4) is 0 Å². The normalized spacial score (nSPS) is 10.4. The molecule has 0 unspecified atom stereocenters. The molecular weight excluding hydrogens is 222 g/mol. The lowest BCUT2D eigenvalue weighted by Gasteiger charge is -2.19. The summed E-state index contributed by atoms with van der Waals surface area (Å²) in [4.78, 5) is 31.4. The van der Waals surface area contributed by atoms with E-state index in [0.717, 1.165) is 0 Å². The van der Waals surface area contributed by atoms with Crippen molar-refractivity contribution >= 4 is 24.2 Å². The molecule has 0 heterocycles. The molecular formula is C8H11NO7. The largest absolute Gasteiger partial charge is 0.513 e. The van der Waals surface area contributed by atoms with Crippen molar-refractivity contribution in [2.45, 2.75) is 20.3 Å². The monoisotopic (exact) mass is 233 g/mol. The molecule has 0 saturated carbocycles. The number of nitrogens with one attached hydrogen (secondary N) is 1. The van der Waals surface area contributed by atoms with Gasteiger partial charge < -0.3 is 19.7 Å². The number of hydrogen-bond acceptors (Lipinski definition) is 6. The quantitative estimate of drug-likeness (QED) is 0.289. The highest BCUT2D eigenvalue weighted by Crippen LogP contribution is 2.23. The standard InChI is InChI=1S/C8H11NO7/c1-8(2,5(10)16-7(13)14)3-4(9)15-6(11)12/h9H,3H2,1-2H3,(H,11,12)(H,13,14). The van der Waals surface area contributed by atoms with E-state index in [4.69, 9.17) is 15.6 Å². The SMILES string of the molecule is CC(C)(CC(=N)OC(=O)O)C(=O)OC(=O)O. The molecule has 0 spiro atoms. The fraction of sp³-hybridized carbons (Fsp3) is 0.500. The van der Waals surface area contributed by atoms with Crippen LogP contribution in [0.25, 0.3) is 0 Å². The molecule has 0 bridgehead atoms. The van der Waals surface area contributed by atoms with E-state index in [2.05, 4.69) is 9.47 Å². The van der Waals surface area contributed by atoms with Crippen LogP contribution in [0.4, 0.5) is 9.59 Å². The van der Waals surface area contributed by atoms with Crippen molar-refractivity contribution in [1.82, 2.24) is 0 Å². The first kappa shape index (κ1) is 13.9. The third-order valence-electron chi connectivity index (χ3n) is 1.55. The predicted molar refractivity (Wildman–Crippen MR) is 49.4 cm³/mol. The number of carboxylic acid groups (broad SMARTS) is 2. The fourth-order valence-corrected chi connectivity index (χ4v) is 0.832. The van der Waals surface area contributed by atoms with Gasteiger partial charge in [-0.15, -0.1) is 0 Å². The second kappa shape index (κ2) is 5.10. The molecule has 8 nitrogen and oxygen atoms in total. The Morgan fingerprint density at radius 1 is 1.12 bits per heavy atom. The number of esters is 1. The summed E-state index contributed by atoms with van der Waals surface area (Å²) in [5.74, 6) is -1.75. The minimum atomic E-state index is -1.76. The van der Waals surface area contributed by atoms with E-state index in [1.807, 2.05) is 0 Å². The molecule has 3 N–H and O–H groups in total. The Hall–Kier alpha value is -2.12. The van der Waals surface area contributed by atoms with Gasteiger partial charge >= 0.3 is 18.3 Å². The van der Waals surface area contributed by atoms with Crippen molar-refractivity contribution in [2.75, 3.05) is 0 Å². The Kier molecular flexibility index (Phi) is 4.42. The molecule has 0 aliphatic carbocycles. The first-order chi connectivity index (χ1) is 7.15. The van der Waals surface area contributed by atoms with Gasteiger partial charge in [-0.1, -0.05) is 0 Å². The molecule has 0 aliphatic rings. The highest BCUT2D eigenvalue weighted by atomic mass is 16.7. The van der Waals surface area contributed by atoms with E-state index in [-0.39, 0.29) is 6.42 Å². The zero-order valence-corrected chi connectivity index (χ0v) is 8.64. The Morgan fingerprint density at radius 2 is 1.56 bits per heavy atom. The zero-order valence-electron chi connectivity index (χ0n) is 8.64. The molecule has 0 aliphatic heterocycles. The molecule has 0 fully saturated rings. The van der Waals surface area contributed by atoms with Gasteiger partial charge in [0.25, 0.3) is 0 Å². The molecule has 8 heteroatoms. The summed E-state index contributed by atoms with van der Waals surface area (Å²) in [6.07, 6.45) is -3.82. The van der Waals surface area contributed by atoms with Crippen molar-refractivity contribution < 1.29 is 34.1 Å². The van der Waals surface area contributed by atoms with Gasteiger partial charge in [0.1, 0.15) is 0 Å². The van der Waals surface area contributed by atoms with Crippen LogP contribution in [0.2, 0.25) is 0 Å². The maximum atomic E-state index is 11.2. The maximum Gasteiger partial charge on any atom is 0.513 e. The average molecular weight is 233 g/mol. The third-order valence-corrected chi connectivity index (χ3v) is 1.55. The van der Waals surface area contributed by atoms with Gasteiger partial charge in [0.15, 0.2) is 5.90 Å². The molecule has 0 rings (SSSR count). The highest BCUT2D eigenvalue weighted by Gasteiger charge is 2.33. The molecule has 0 radical (unpaired) electrons. The average Bonchev–Trinajstić information content (AvgIpc) is 1.98. The molecule has 0 saturated heterocycles. The summed E-state index contributed by atoms with van der Waals surface area (Å²) < 4.78 is 7.88. The van der Waals surface area contributed by atoms with E-state index < -0.39 is 29.6 Å². The number of carbonyl (C=O) groups is 3. The Bertz CT molecular complexity index is 333. The third kappa shape index (κ3) is 4.94. The van der Waals surface area contributed by atoms with Crippen LogP contribution in [0.5, 0.6) is 0 Å². The topological polar surface area (TPSA) is 134 Å². The second-order valence-corrected chi connectivity index (χ2v) is 3.51. The summed E-state index contributed by atoms with van der Waals surface area (Å²) in [5.41, 5.74) is -1.36. The van der Waals surface area contributed by atoms with Crippen LogP contribution >= 0.6 is 0 Å². The van der Waals surface area contributed by atoms with Gasteiger partial charge in [-0.3, -0.25) is 10.2 Å². The Morgan fingerprint density at radius 3 is 1.94 bits per heavy atom. The molecule has 0 aromatic carbocycles. The minimum Gasteiger partial charge on any atom is -0.449 e. The minimum absolute atomic E-state index is 0.384. The van der Waals surface area contributed by atoms with E-state index in [1.165, 1.54) is 13.8 Å². The van der Waals surface area contributed by atoms with Crippen LogP contribution in [-0.4, -0.2) is 34.4 Å². The lowest BCUT2D eigenvalue weighted by molar-refractivity contribution is -0.148.